The van der Waals surface area contributed by atoms with Gasteiger partial charge in [0.15, 0.2) is 0 Å². The standard InChI is InChI=1S/C15H30N2/c1-5-15(7-8-15)12-17-9-6-13(11-17)10-16-14(2,3)4/h13,16H,5-12H2,1-4H3. The van der Waals surface area contributed by atoms with E-state index >= 15 is 0 Å². The number of nitrogens with zero attached hydrogens (tertiary/aromatic N) is 1. The van der Waals surface area contributed by atoms with Gasteiger partial charge >= 0.3 is 0 Å². The highest BCUT2D eigenvalue weighted by Crippen LogP contribution is 2.49. The van der Waals surface area contributed by atoms with Crippen molar-refractivity contribution >= 4 is 0 Å². The Morgan fingerprint density at radius 2 is 2.00 bits per heavy atom. The molecular formula is C15H30N2. The molecule has 1 N–H and O–H groups in total. The van der Waals surface area contributed by atoms with E-state index in [1.807, 2.05) is 0 Å². The summed E-state index contributed by atoms with van der Waals surface area (Å²) in [5, 5.41) is 3.65. The summed E-state index contributed by atoms with van der Waals surface area (Å²) in [7, 11) is 0. The molecule has 0 spiro atoms. The van der Waals surface area contributed by atoms with Crippen LogP contribution in [0, 0.1) is 11.3 Å². The van der Waals surface area contributed by atoms with Crippen molar-refractivity contribution in [2.24, 2.45) is 11.3 Å². The molecule has 2 nitrogen and oxygen atoms in total. The third-order valence-corrected chi connectivity index (χ3v) is 4.56. The highest BCUT2D eigenvalue weighted by atomic mass is 15.2. The molecule has 2 aliphatic rings. The maximum Gasteiger partial charge on any atom is 0.00966 e. The average molecular weight is 238 g/mol. The molecule has 1 atom stereocenters. The lowest BCUT2D eigenvalue weighted by Gasteiger charge is -2.24. The zero-order chi connectivity index (χ0) is 12.5. The van der Waals surface area contributed by atoms with E-state index in [0.717, 1.165) is 11.3 Å². The van der Waals surface area contributed by atoms with E-state index in [-0.39, 0.29) is 5.54 Å². The number of rotatable bonds is 5. The predicted molar refractivity (Wildman–Crippen MR) is 74.3 cm³/mol. The second-order valence-corrected chi connectivity index (χ2v) is 7.37. The molecule has 2 fully saturated rings. The quantitative estimate of drug-likeness (QED) is 0.792. The minimum atomic E-state index is 0.272. The summed E-state index contributed by atoms with van der Waals surface area (Å²) in [6.45, 7) is 14.4. The Labute approximate surface area is 107 Å². The highest BCUT2D eigenvalue weighted by Gasteiger charge is 2.42. The maximum atomic E-state index is 3.65. The van der Waals surface area contributed by atoms with E-state index in [0.29, 0.717) is 0 Å². The van der Waals surface area contributed by atoms with Crippen molar-refractivity contribution in [2.45, 2.75) is 58.9 Å². The van der Waals surface area contributed by atoms with Crippen LogP contribution in [0.2, 0.25) is 0 Å². The predicted octanol–water partition coefficient (Wildman–Crippen LogP) is 2.89. The lowest BCUT2D eigenvalue weighted by molar-refractivity contribution is 0.247. The maximum absolute atomic E-state index is 3.65. The number of nitrogens with one attached hydrogen (secondary N) is 1. The minimum Gasteiger partial charge on any atom is -0.312 e. The summed E-state index contributed by atoms with van der Waals surface area (Å²) in [6.07, 6.45) is 5.73. The summed E-state index contributed by atoms with van der Waals surface area (Å²) < 4.78 is 0. The Balaban J connectivity index is 1.69. The molecule has 0 radical (unpaired) electrons. The molecule has 0 aromatic carbocycles. The lowest BCUT2D eigenvalue weighted by Crippen LogP contribution is -2.40. The Hall–Kier alpha value is -0.0800. The van der Waals surface area contributed by atoms with Crippen LogP contribution in [0.5, 0.6) is 0 Å². The van der Waals surface area contributed by atoms with Gasteiger partial charge in [-0.1, -0.05) is 6.92 Å². The molecule has 1 unspecified atom stereocenters. The van der Waals surface area contributed by atoms with Crippen molar-refractivity contribution in [3.63, 3.8) is 0 Å². The monoisotopic (exact) mass is 238 g/mol. The van der Waals surface area contributed by atoms with Gasteiger partial charge in [-0.05, 0) is 70.9 Å². The van der Waals surface area contributed by atoms with Crippen LogP contribution in [-0.2, 0) is 0 Å². The third kappa shape index (κ3) is 3.96. The molecule has 0 aromatic rings. The van der Waals surface area contributed by atoms with Crippen molar-refractivity contribution in [3.8, 4) is 0 Å². The zero-order valence-electron chi connectivity index (χ0n) is 12.2. The summed E-state index contributed by atoms with van der Waals surface area (Å²) in [4.78, 5) is 2.71. The van der Waals surface area contributed by atoms with Gasteiger partial charge in [0.25, 0.3) is 0 Å². The van der Waals surface area contributed by atoms with Crippen LogP contribution in [0.3, 0.4) is 0 Å². The molecule has 17 heavy (non-hydrogen) atoms. The van der Waals surface area contributed by atoms with Crippen LogP contribution in [0.4, 0.5) is 0 Å². The molecule has 1 aliphatic heterocycles. The fourth-order valence-corrected chi connectivity index (χ4v) is 2.95. The average Bonchev–Trinajstić information content (AvgIpc) is 2.86. The van der Waals surface area contributed by atoms with Gasteiger partial charge in [0.05, 0.1) is 0 Å². The van der Waals surface area contributed by atoms with Gasteiger partial charge < -0.3 is 10.2 Å². The first-order valence-electron chi connectivity index (χ1n) is 7.40. The summed E-state index contributed by atoms with van der Waals surface area (Å²) >= 11 is 0. The molecule has 1 heterocycles. The molecule has 2 heteroatoms. The summed E-state index contributed by atoms with van der Waals surface area (Å²) in [5.41, 5.74) is 1.00. The van der Waals surface area contributed by atoms with Crippen molar-refractivity contribution in [1.82, 2.24) is 10.2 Å². The normalized spacial score (nSPS) is 28.6. The van der Waals surface area contributed by atoms with Crippen molar-refractivity contribution < 1.29 is 0 Å². The molecule has 0 amide bonds. The third-order valence-electron chi connectivity index (χ3n) is 4.56. The van der Waals surface area contributed by atoms with Crippen LogP contribution in [0.1, 0.15) is 53.4 Å². The first-order chi connectivity index (χ1) is 7.92. The molecule has 100 valence electrons. The van der Waals surface area contributed by atoms with Crippen LogP contribution in [-0.4, -0.2) is 36.6 Å². The van der Waals surface area contributed by atoms with E-state index in [4.69, 9.17) is 0 Å². The fraction of sp³-hybridized carbons (Fsp3) is 1.00. The van der Waals surface area contributed by atoms with Crippen molar-refractivity contribution in [1.29, 1.82) is 0 Å². The fourth-order valence-electron chi connectivity index (χ4n) is 2.95. The second-order valence-electron chi connectivity index (χ2n) is 7.37. The molecule has 0 bridgehead atoms. The van der Waals surface area contributed by atoms with Crippen LogP contribution in [0.25, 0.3) is 0 Å². The largest absolute Gasteiger partial charge is 0.312 e. The lowest BCUT2D eigenvalue weighted by atomic mass is 10.0. The Kier molecular flexibility index (Phi) is 3.84. The van der Waals surface area contributed by atoms with Gasteiger partial charge in [0.1, 0.15) is 0 Å². The van der Waals surface area contributed by atoms with Crippen LogP contribution >= 0.6 is 0 Å². The molecule has 1 saturated carbocycles. The molecule has 1 saturated heterocycles. The highest BCUT2D eigenvalue weighted by molar-refractivity contribution is 4.95. The molecule has 1 aliphatic carbocycles. The Morgan fingerprint density at radius 1 is 1.29 bits per heavy atom. The van der Waals surface area contributed by atoms with Crippen LogP contribution in [0.15, 0.2) is 0 Å². The minimum absolute atomic E-state index is 0.272. The second kappa shape index (κ2) is 4.89. The molecule has 0 aromatic heterocycles. The van der Waals surface area contributed by atoms with Crippen LogP contribution < -0.4 is 5.32 Å². The number of hydrogen-bond donors (Lipinski definition) is 1. The SMILES string of the molecule is CCC1(CN2CCC(CNC(C)(C)C)C2)CC1. The smallest absolute Gasteiger partial charge is 0.00966 e. The van der Waals surface area contributed by atoms with Gasteiger partial charge in [-0.2, -0.15) is 0 Å². The van der Waals surface area contributed by atoms with E-state index in [9.17, 15) is 0 Å². The van der Waals surface area contributed by atoms with Gasteiger partial charge in [0, 0.05) is 18.6 Å². The summed E-state index contributed by atoms with van der Waals surface area (Å²) in [5.74, 6) is 0.877. The molecular weight excluding hydrogens is 208 g/mol. The number of hydrogen-bond acceptors (Lipinski definition) is 2. The van der Waals surface area contributed by atoms with Crippen molar-refractivity contribution in [3.05, 3.63) is 0 Å². The van der Waals surface area contributed by atoms with Crippen molar-refractivity contribution in [2.75, 3.05) is 26.2 Å². The summed E-state index contributed by atoms with van der Waals surface area (Å²) in [6, 6.07) is 0. The number of likely N-dealkylation sites (tertiary alicyclic amines) is 1. The zero-order valence-corrected chi connectivity index (χ0v) is 12.2. The first kappa shape index (κ1) is 13.4. The van der Waals surface area contributed by atoms with E-state index in [1.54, 1.807) is 0 Å². The first-order valence-corrected chi connectivity index (χ1v) is 7.40. The van der Waals surface area contributed by atoms with E-state index < -0.39 is 0 Å². The van der Waals surface area contributed by atoms with Gasteiger partial charge in [-0.25, -0.2) is 0 Å². The van der Waals surface area contributed by atoms with Gasteiger partial charge in [-0.15, -0.1) is 0 Å². The Morgan fingerprint density at radius 3 is 2.53 bits per heavy atom. The van der Waals surface area contributed by atoms with E-state index in [2.05, 4.69) is 37.9 Å². The Bertz CT molecular complexity index is 250. The van der Waals surface area contributed by atoms with Gasteiger partial charge in [0.2, 0.25) is 0 Å². The van der Waals surface area contributed by atoms with E-state index in [1.165, 1.54) is 51.9 Å². The van der Waals surface area contributed by atoms with Gasteiger partial charge in [-0.3, -0.25) is 0 Å². The molecule has 2 rings (SSSR count). The topological polar surface area (TPSA) is 15.3 Å².